The van der Waals surface area contributed by atoms with E-state index in [4.69, 9.17) is 5.11 Å². The fraction of sp³-hybridized carbons (Fsp3) is 0.267. The summed E-state index contributed by atoms with van der Waals surface area (Å²) in [6.45, 7) is 0.344. The molecular formula is C15H15F2NO2S. The Kier molecular flexibility index (Phi) is 5.41. The molecule has 1 heterocycles. The average Bonchev–Trinajstić information content (AvgIpc) is 2.97. The van der Waals surface area contributed by atoms with E-state index in [2.05, 4.69) is 5.32 Å². The normalized spacial score (nSPS) is 12.5. The number of alkyl halides is 2. The molecule has 1 unspecified atom stereocenters. The SMILES string of the molecule is O=C(O)CC(NCc1cccc(C(F)F)c1)c1cccs1. The lowest BCUT2D eigenvalue weighted by molar-refractivity contribution is -0.137. The van der Waals surface area contributed by atoms with Gasteiger partial charge in [0.2, 0.25) is 0 Å². The Morgan fingerprint density at radius 2 is 2.10 bits per heavy atom. The van der Waals surface area contributed by atoms with Crippen LogP contribution in [0.1, 0.15) is 34.9 Å². The van der Waals surface area contributed by atoms with Crippen molar-refractivity contribution in [2.24, 2.45) is 0 Å². The number of thiophene rings is 1. The molecule has 1 aromatic heterocycles. The number of rotatable bonds is 7. The number of hydrogen-bond donors (Lipinski definition) is 2. The molecule has 112 valence electrons. The molecule has 0 bridgehead atoms. The van der Waals surface area contributed by atoms with Crippen molar-refractivity contribution >= 4 is 17.3 Å². The second kappa shape index (κ2) is 7.28. The molecule has 21 heavy (non-hydrogen) atoms. The molecule has 0 saturated heterocycles. The second-order valence-corrected chi connectivity index (χ2v) is 5.57. The van der Waals surface area contributed by atoms with Gasteiger partial charge >= 0.3 is 5.97 Å². The highest BCUT2D eigenvalue weighted by Gasteiger charge is 2.16. The molecule has 0 radical (unpaired) electrons. The van der Waals surface area contributed by atoms with Crippen LogP contribution in [0.5, 0.6) is 0 Å². The highest BCUT2D eigenvalue weighted by molar-refractivity contribution is 7.10. The van der Waals surface area contributed by atoms with Gasteiger partial charge in [0.05, 0.1) is 12.5 Å². The monoisotopic (exact) mass is 311 g/mol. The first-order valence-corrected chi connectivity index (χ1v) is 7.30. The van der Waals surface area contributed by atoms with E-state index in [-0.39, 0.29) is 18.0 Å². The summed E-state index contributed by atoms with van der Waals surface area (Å²) in [5.41, 5.74) is 0.681. The maximum absolute atomic E-state index is 12.6. The first-order valence-electron chi connectivity index (χ1n) is 6.42. The van der Waals surface area contributed by atoms with Crippen molar-refractivity contribution in [3.63, 3.8) is 0 Å². The molecule has 0 spiro atoms. The van der Waals surface area contributed by atoms with Gasteiger partial charge in [-0.2, -0.15) is 0 Å². The lowest BCUT2D eigenvalue weighted by Crippen LogP contribution is -2.22. The summed E-state index contributed by atoms with van der Waals surface area (Å²) in [5.74, 6) is -0.901. The van der Waals surface area contributed by atoms with Crippen LogP contribution in [0.15, 0.2) is 41.8 Å². The van der Waals surface area contributed by atoms with Gasteiger partial charge in [-0.15, -0.1) is 11.3 Å². The van der Waals surface area contributed by atoms with Gasteiger partial charge in [-0.1, -0.05) is 24.3 Å². The van der Waals surface area contributed by atoms with Gasteiger partial charge in [0.1, 0.15) is 0 Å². The largest absolute Gasteiger partial charge is 0.481 e. The number of carboxylic acids is 1. The Morgan fingerprint density at radius 1 is 1.29 bits per heavy atom. The molecule has 0 aliphatic heterocycles. The van der Waals surface area contributed by atoms with Crippen molar-refractivity contribution < 1.29 is 18.7 Å². The van der Waals surface area contributed by atoms with E-state index in [0.717, 1.165) is 4.88 Å². The van der Waals surface area contributed by atoms with E-state index in [1.54, 1.807) is 12.1 Å². The van der Waals surface area contributed by atoms with Crippen LogP contribution in [-0.4, -0.2) is 11.1 Å². The summed E-state index contributed by atoms with van der Waals surface area (Å²) in [6, 6.07) is 9.53. The number of halogens is 2. The number of benzene rings is 1. The van der Waals surface area contributed by atoms with Crippen molar-refractivity contribution in [1.29, 1.82) is 0 Å². The van der Waals surface area contributed by atoms with Crippen molar-refractivity contribution in [3.8, 4) is 0 Å². The van der Waals surface area contributed by atoms with Crippen molar-refractivity contribution in [1.82, 2.24) is 5.32 Å². The molecule has 1 aromatic carbocycles. The number of nitrogens with one attached hydrogen (secondary N) is 1. The summed E-state index contributed by atoms with van der Waals surface area (Å²) < 4.78 is 25.3. The zero-order valence-corrected chi connectivity index (χ0v) is 11.9. The maximum atomic E-state index is 12.6. The molecule has 0 fully saturated rings. The third kappa shape index (κ3) is 4.61. The summed E-state index contributed by atoms with van der Waals surface area (Å²) in [4.78, 5) is 11.8. The van der Waals surface area contributed by atoms with E-state index >= 15 is 0 Å². The molecule has 3 nitrogen and oxygen atoms in total. The van der Waals surface area contributed by atoms with Gasteiger partial charge in [-0.3, -0.25) is 4.79 Å². The summed E-state index contributed by atoms with van der Waals surface area (Å²) in [7, 11) is 0. The van der Waals surface area contributed by atoms with Gasteiger partial charge in [0.25, 0.3) is 6.43 Å². The summed E-state index contributed by atoms with van der Waals surface area (Å²) >= 11 is 1.47. The maximum Gasteiger partial charge on any atom is 0.305 e. The van der Waals surface area contributed by atoms with Gasteiger partial charge in [0, 0.05) is 17.0 Å². The van der Waals surface area contributed by atoms with Gasteiger partial charge in [0.15, 0.2) is 0 Å². The summed E-state index contributed by atoms with van der Waals surface area (Å²) in [5, 5.41) is 14.0. The van der Waals surface area contributed by atoms with Gasteiger partial charge in [-0.05, 0) is 23.1 Å². The number of carboxylic acid groups (broad SMARTS) is 1. The molecular weight excluding hydrogens is 296 g/mol. The Morgan fingerprint density at radius 3 is 2.71 bits per heavy atom. The molecule has 2 N–H and O–H groups in total. The van der Waals surface area contributed by atoms with Crippen LogP contribution in [0.2, 0.25) is 0 Å². The Hall–Kier alpha value is -1.79. The highest BCUT2D eigenvalue weighted by Crippen LogP contribution is 2.23. The number of aliphatic carboxylic acids is 1. The molecule has 0 amide bonds. The smallest absolute Gasteiger partial charge is 0.305 e. The van der Waals surface area contributed by atoms with E-state index < -0.39 is 12.4 Å². The molecule has 2 aromatic rings. The second-order valence-electron chi connectivity index (χ2n) is 4.59. The topological polar surface area (TPSA) is 49.3 Å². The third-order valence-corrected chi connectivity index (χ3v) is 4.01. The lowest BCUT2D eigenvalue weighted by atomic mass is 10.1. The minimum atomic E-state index is -2.50. The van der Waals surface area contributed by atoms with E-state index in [9.17, 15) is 13.6 Å². The van der Waals surface area contributed by atoms with E-state index in [0.29, 0.717) is 12.1 Å². The summed E-state index contributed by atoms with van der Waals surface area (Å²) in [6.07, 6.45) is -2.55. The minimum Gasteiger partial charge on any atom is -0.481 e. The number of carbonyl (C=O) groups is 1. The van der Waals surface area contributed by atoms with Crippen molar-refractivity contribution in [2.45, 2.75) is 25.4 Å². The predicted octanol–water partition coefficient (Wildman–Crippen LogP) is 3.99. The fourth-order valence-corrected chi connectivity index (χ4v) is 2.82. The van der Waals surface area contributed by atoms with E-state index in [1.807, 2.05) is 17.5 Å². The van der Waals surface area contributed by atoms with Crippen molar-refractivity contribution in [3.05, 3.63) is 57.8 Å². The van der Waals surface area contributed by atoms with Crippen LogP contribution in [0, 0.1) is 0 Å². The first-order chi connectivity index (χ1) is 10.1. The van der Waals surface area contributed by atoms with Crippen LogP contribution < -0.4 is 5.32 Å². The van der Waals surface area contributed by atoms with Crippen LogP contribution >= 0.6 is 11.3 Å². The fourth-order valence-electron chi connectivity index (χ4n) is 2.02. The third-order valence-electron chi connectivity index (χ3n) is 3.02. The standard InChI is InChI=1S/C15H15F2NO2S/c16-15(17)11-4-1-3-10(7-11)9-18-12(8-14(19)20)13-5-2-6-21-13/h1-7,12,15,18H,8-9H2,(H,19,20). The minimum absolute atomic E-state index is 0.0276. The molecule has 2 rings (SSSR count). The van der Waals surface area contributed by atoms with Crippen LogP contribution in [-0.2, 0) is 11.3 Å². The Bertz CT molecular complexity index is 587. The molecule has 6 heteroatoms. The Labute approximate surface area is 125 Å². The average molecular weight is 311 g/mol. The van der Waals surface area contributed by atoms with Gasteiger partial charge in [-0.25, -0.2) is 8.78 Å². The van der Waals surface area contributed by atoms with E-state index in [1.165, 1.54) is 23.5 Å². The zero-order valence-electron chi connectivity index (χ0n) is 11.1. The quantitative estimate of drug-likeness (QED) is 0.813. The van der Waals surface area contributed by atoms with Gasteiger partial charge < -0.3 is 10.4 Å². The predicted molar refractivity (Wildman–Crippen MR) is 77.6 cm³/mol. The molecule has 0 saturated carbocycles. The van der Waals surface area contributed by atoms with Crippen molar-refractivity contribution in [2.75, 3.05) is 0 Å². The van der Waals surface area contributed by atoms with Crippen LogP contribution in [0.4, 0.5) is 8.78 Å². The number of hydrogen-bond acceptors (Lipinski definition) is 3. The van der Waals surface area contributed by atoms with Crippen LogP contribution in [0.25, 0.3) is 0 Å². The molecule has 0 aliphatic carbocycles. The molecule has 1 atom stereocenters. The lowest BCUT2D eigenvalue weighted by Gasteiger charge is -2.16. The first kappa shape index (κ1) is 15.6. The Balaban J connectivity index is 2.04. The molecule has 0 aliphatic rings. The zero-order chi connectivity index (χ0) is 15.2. The van der Waals surface area contributed by atoms with Crippen LogP contribution in [0.3, 0.4) is 0 Å². The highest BCUT2D eigenvalue weighted by atomic mass is 32.1.